The minimum absolute atomic E-state index is 0.0370. The molecule has 1 saturated heterocycles. The van der Waals surface area contributed by atoms with Gasteiger partial charge >= 0.3 is 0 Å². The Hall–Kier alpha value is -2.15. The molecule has 4 rings (SSSR count). The molecule has 3 N–H and O–H groups in total. The predicted octanol–water partition coefficient (Wildman–Crippen LogP) is 5.14. The van der Waals surface area contributed by atoms with Gasteiger partial charge in [-0.2, -0.15) is 0 Å². The molecule has 1 aromatic heterocycles. The first-order chi connectivity index (χ1) is 14.9. The maximum atomic E-state index is 13.0. The molecule has 1 spiro atoms. The number of carbonyl (C=O) groups excluding carboxylic acids is 2. The van der Waals surface area contributed by atoms with Gasteiger partial charge in [0.15, 0.2) is 0 Å². The number of hydrogen-bond acceptors (Lipinski definition) is 4. The normalized spacial score (nSPS) is 18.5. The molecule has 2 fully saturated rings. The van der Waals surface area contributed by atoms with Crippen molar-refractivity contribution in [2.75, 3.05) is 23.7 Å². The number of nitrogens with one attached hydrogen (secondary N) is 3. The number of nitrogens with zero attached hydrogens (tertiary/aromatic N) is 1. The van der Waals surface area contributed by atoms with E-state index in [-0.39, 0.29) is 11.8 Å². The molecule has 2 amide bonds. The van der Waals surface area contributed by atoms with E-state index in [1.807, 2.05) is 0 Å². The zero-order valence-corrected chi connectivity index (χ0v) is 18.7. The van der Waals surface area contributed by atoms with Crippen LogP contribution in [0.1, 0.15) is 48.9 Å². The molecule has 2 aromatic rings. The Bertz CT molecular complexity index is 949. The summed E-state index contributed by atoms with van der Waals surface area (Å²) in [6.45, 7) is 2.14. The second-order valence-electron chi connectivity index (χ2n) is 8.52. The second-order valence-corrected chi connectivity index (χ2v) is 9.39. The highest BCUT2D eigenvalue weighted by molar-refractivity contribution is 6.31. The molecule has 1 saturated carbocycles. The highest BCUT2D eigenvalue weighted by Crippen LogP contribution is 2.45. The van der Waals surface area contributed by atoms with Crippen molar-refractivity contribution in [3.05, 3.63) is 52.1 Å². The predicted molar refractivity (Wildman–Crippen MR) is 124 cm³/mol. The van der Waals surface area contributed by atoms with Gasteiger partial charge in [-0.05, 0) is 87.4 Å². The number of amides is 2. The Balaban J connectivity index is 1.43. The SMILES string of the molecule is O=C(Nc1ccc(Cl)cn1)c1cc(Cl)ccc1NC(=O)C1CCC2(CCNCC2)CC1. The summed E-state index contributed by atoms with van der Waals surface area (Å²) in [5, 5.41) is 10.0. The van der Waals surface area contributed by atoms with Crippen LogP contribution in [-0.4, -0.2) is 29.9 Å². The molecular formula is C23H26Cl2N4O2. The number of rotatable bonds is 4. The van der Waals surface area contributed by atoms with Gasteiger partial charge in [-0.1, -0.05) is 23.2 Å². The quantitative estimate of drug-likeness (QED) is 0.589. The first-order valence-electron chi connectivity index (χ1n) is 10.7. The van der Waals surface area contributed by atoms with Crippen molar-refractivity contribution in [1.82, 2.24) is 10.3 Å². The van der Waals surface area contributed by atoms with Crippen LogP contribution in [0.3, 0.4) is 0 Å². The molecule has 164 valence electrons. The summed E-state index contributed by atoms with van der Waals surface area (Å²) in [4.78, 5) is 29.9. The van der Waals surface area contributed by atoms with Gasteiger partial charge in [0.25, 0.3) is 5.91 Å². The Morgan fingerprint density at radius 1 is 0.968 bits per heavy atom. The molecule has 0 radical (unpaired) electrons. The topological polar surface area (TPSA) is 83.1 Å². The number of pyridine rings is 1. The Morgan fingerprint density at radius 2 is 1.68 bits per heavy atom. The maximum Gasteiger partial charge on any atom is 0.258 e. The van der Waals surface area contributed by atoms with Gasteiger partial charge in [-0.15, -0.1) is 0 Å². The van der Waals surface area contributed by atoms with Crippen LogP contribution in [0.25, 0.3) is 0 Å². The lowest BCUT2D eigenvalue weighted by Gasteiger charge is -2.42. The standard InChI is InChI=1S/C23H26Cl2N4O2/c24-16-1-3-19(18(13-16)22(31)29-20-4-2-17(25)14-27-20)28-21(30)15-5-7-23(8-6-15)9-11-26-12-10-23/h1-4,13-15,26H,5-12H2,(H,28,30)(H,27,29,31). The minimum atomic E-state index is -0.398. The number of aromatic nitrogens is 1. The van der Waals surface area contributed by atoms with Crippen molar-refractivity contribution in [1.29, 1.82) is 0 Å². The monoisotopic (exact) mass is 460 g/mol. The second kappa shape index (κ2) is 9.55. The van der Waals surface area contributed by atoms with Crippen molar-refractivity contribution < 1.29 is 9.59 Å². The van der Waals surface area contributed by atoms with Crippen LogP contribution in [0.15, 0.2) is 36.5 Å². The van der Waals surface area contributed by atoms with Crippen LogP contribution in [0, 0.1) is 11.3 Å². The molecule has 1 aliphatic heterocycles. The zero-order chi connectivity index (χ0) is 21.8. The largest absolute Gasteiger partial charge is 0.325 e. The summed E-state index contributed by atoms with van der Waals surface area (Å²) in [7, 11) is 0. The number of hydrogen-bond donors (Lipinski definition) is 3. The Kier molecular flexibility index (Phi) is 6.80. The lowest BCUT2D eigenvalue weighted by atomic mass is 9.65. The van der Waals surface area contributed by atoms with Crippen molar-refractivity contribution in [2.24, 2.45) is 11.3 Å². The zero-order valence-electron chi connectivity index (χ0n) is 17.2. The molecule has 1 aromatic carbocycles. The van der Waals surface area contributed by atoms with E-state index in [0.717, 1.165) is 38.8 Å². The average molecular weight is 461 g/mol. The fraction of sp³-hybridized carbons (Fsp3) is 0.435. The van der Waals surface area contributed by atoms with Gasteiger partial charge in [0.05, 0.1) is 16.3 Å². The number of anilines is 2. The van der Waals surface area contributed by atoms with Gasteiger partial charge in [0, 0.05) is 17.1 Å². The highest BCUT2D eigenvalue weighted by atomic mass is 35.5. The van der Waals surface area contributed by atoms with Crippen LogP contribution in [-0.2, 0) is 4.79 Å². The molecule has 8 heteroatoms. The molecule has 1 aliphatic carbocycles. The molecule has 6 nitrogen and oxygen atoms in total. The van der Waals surface area contributed by atoms with E-state index in [4.69, 9.17) is 23.2 Å². The summed E-state index contributed by atoms with van der Waals surface area (Å²) in [5.41, 5.74) is 1.14. The number of benzene rings is 1. The van der Waals surface area contributed by atoms with Crippen molar-refractivity contribution in [2.45, 2.75) is 38.5 Å². The van der Waals surface area contributed by atoms with Crippen molar-refractivity contribution in [3.8, 4) is 0 Å². The Morgan fingerprint density at radius 3 is 2.35 bits per heavy atom. The summed E-state index contributed by atoms with van der Waals surface area (Å²) in [6, 6.07) is 8.14. The van der Waals surface area contributed by atoms with Crippen molar-refractivity contribution in [3.63, 3.8) is 0 Å². The van der Waals surface area contributed by atoms with E-state index in [2.05, 4.69) is 20.9 Å². The van der Waals surface area contributed by atoms with Gasteiger partial charge in [-0.25, -0.2) is 4.98 Å². The van der Waals surface area contributed by atoms with Crippen LogP contribution in [0.4, 0.5) is 11.5 Å². The molecule has 2 heterocycles. The fourth-order valence-electron chi connectivity index (χ4n) is 4.63. The van der Waals surface area contributed by atoms with Crippen LogP contribution < -0.4 is 16.0 Å². The van der Waals surface area contributed by atoms with E-state index in [1.54, 1.807) is 30.3 Å². The van der Waals surface area contributed by atoms with Crippen LogP contribution >= 0.6 is 23.2 Å². The Labute approximate surface area is 192 Å². The summed E-state index contributed by atoms with van der Waals surface area (Å²) < 4.78 is 0. The fourth-order valence-corrected chi connectivity index (χ4v) is 4.91. The third-order valence-electron chi connectivity index (χ3n) is 6.53. The van der Waals surface area contributed by atoms with Gasteiger partial charge < -0.3 is 16.0 Å². The van der Waals surface area contributed by atoms with E-state index in [9.17, 15) is 9.59 Å². The molecule has 2 aliphatic rings. The minimum Gasteiger partial charge on any atom is -0.325 e. The summed E-state index contributed by atoms with van der Waals surface area (Å²) >= 11 is 12.0. The maximum absolute atomic E-state index is 13.0. The molecule has 0 bridgehead atoms. The van der Waals surface area contributed by atoms with Gasteiger partial charge in [-0.3, -0.25) is 9.59 Å². The molecular weight excluding hydrogens is 435 g/mol. The smallest absolute Gasteiger partial charge is 0.258 e. The van der Waals surface area contributed by atoms with Gasteiger partial charge in [0.1, 0.15) is 5.82 Å². The van der Waals surface area contributed by atoms with Gasteiger partial charge in [0.2, 0.25) is 5.91 Å². The summed E-state index contributed by atoms with van der Waals surface area (Å²) in [5.74, 6) is -0.106. The average Bonchev–Trinajstić information content (AvgIpc) is 2.77. The van der Waals surface area contributed by atoms with E-state index in [1.165, 1.54) is 19.0 Å². The lowest BCUT2D eigenvalue weighted by Crippen LogP contribution is -2.40. The number of halogens is 2. The molecule has 0 atom stereocenters. The summed E-state index contributed by atoms with van der Waals surface area (Å²) in [6.07, 6.45) is 7.79. The number of piperidine rings is 1. The van der Waals surface area contributed by atoms with Crippen LogP contribution in [0.5, 0.6) is 0 Å². The first-order valence-corrected chi connectivity index (χ1v) is 11.4. The molecule has 0 unspecified atom stereocenters. The van der Waals surface area contributed by atoms with E-state index < -0.39 is 5.91 Å². The highest BCUT2D eigenvalue weighted by Gasteiger charge is 2.38. The van der Waals surface area contributed by atoms with E-state index in [0.29, 0.717) is 32.5 Å². The van der Waals surface area contributed by atoms with Crippen molar-refractivity contribution >= 4 is 46.5 Å². The lowest BCUT2D eigenvalue weighted by molar-refractivity contribution is -0.121. The molecule has 31 heavy (non-hydrogen) atoms. The number of carbonyl (C=O) groups is 2. The first kappa shape index (κ1) is 22.1. The third kappa shape index (κ3) is 5.37. The third-order valence-corrected chi connectivity index (χ3v) is 6.99. The van der Waals surface area contributed by atoms with E-state index >= 15 is 0 Å². The van der Waals surface area contributed by atoms with Crippen LogP contribution in [0.2, 0.25) is 10.0 Å².